The van der Waals surface area contributed by atoms with Crippen LogP contribution in [0.3, 0.4) is 0 Å². The number of rotatable bonds is 13. The number of benzene rings is 3. The fraction of sp³-hybridized carbons (Fsp3) is 0.310. The number of amides is 1. The molecule has 0 fully saturated rings. The van der Waals surface area contributed by atoms with Crippen molar-refractivity contribution in [3.63, 3.8) is 0 Å². The van der Waals surface area contributed by atoms with Gasteiger partial charge in [-0.25, -0.2) is 4.79 Å². The maximum atomic E-state index is 12.9. The molecule has 1 amide bonds. The second kappa shape index (κ2) is 15.6. The van der Waals surface area contributed by atoms with Crippen molar-refractivity contribution in [2.24, 2.45) is 0 Å². The summed E-state index contributed by atoms with van der Waals surface area (Å²) in [5.41, 5.74) is 3.46. The smallest absolute Gasteiger partial charge is 0.328 e. The number of carbonyl (C=O) groups is 2. The summed E-state index contributed by atoms with van der Waals surface area (Å²) in [5.74, 6) is 0.0934. The topological polar surface area (TPSA) is 76.7 Å². The average molecular weight is 511 g/mol. The molecule has 0 saturated carbocycles. The minimum Gasteiger partial charge on any atom is -0.494 e. The molecule has 36 heavy (non-hydrogen) atoms. The van der Waals surface area contributed by atoms with Crippen LogP contribution in [-0.2, 0) is 16.0 Å². The molecule has 0 heterocycles. The lowest BCUT2D eigenvalue weighted by Gasteiger charge is -2.17. The van der Waals surface area contributed by atoms with Gasteiger partial charge in [0.05, 0.1) is 13.2 Å². The zero-order valence-corrected chi connectivity index (χ0v) is 21.7. The maximum absolute atomic E-state index is 12.9. The summed E-state index contributed by atoms with van der Waals surface area (Å²) in [7, 11) is 1.95. The molecule has 6 nitrogen and oxygen atoms in total. The van der Waals surface area contributed by atoms with E-state index < -0.39 is 12.0 Å². The molecular formula is C29H35ClN2O4. The monoisotopic (exact) mass is 510 g/mol. The Kier molecular flexibility index (Phi) is 12.5. The Labute approximate surface area is 219 Å². The second-order valence-electron chi connectivity index (χ2n) is 8.23. The average Bonchev–Trinajstić information content (AvgIpc) is 2.89. The Bertz CT molecular complexity index is 1060. The van der Waals surface area contributed by atoms with Crippen LogP contribution in [-0.4, -0.2) is 44.7 Å². The largest absolute Gasteiger partial charge is 0.494 e. The maximum Gasteiger partial charge on any atom is 0.328 e. The molecule has 7 heteroatoms. The molecule has 0 bridgehead atoms. The molecule has 0 aromatic heterocycles. The summed E-state index contributed by atoms with van der Waals surface area (Å²) in [6, 6.07) is 24.1. The van der Waals surface area contributed by atoms with E-state index in [4.69, 9.17) is 9.47 Å². The number of unbranched alkanes of at least 4 members (excludes halogenated alkanes) is 1. The zero-order valence-electron chi connectivity index (χ0n) is 20.9. The van der Waals surface area contributed by atoms with Crippen LogP contribution < -0.4 is 15.4 Å². The number of hydrogen-bond donors (Lipinski definition) is 2. The van der Waals surface area contributed by atoms with E-state index in [1.54, 1.807) is 19.1 Å². The SMILES string of the molecule is CCOC(=O)[C@@H](Cc1ccccc1)NC(=O)c1ccc(-c2ccc(OCCCCNC)cc2)cc1.Cl. The standard InChI is InChI=1S/C29H34N2O4.ClH/c1-3-34-29(33)27(21-22-9-5-4-6-10-22)31-28(32)25-13-11-23(12-14-25)24-15-17-26(18-16-24)35-20-8-7-19-30-2;/h4-6,9-18,27,30H,3,7-8,19-21H2,1-2H3,(H,31,32);1H/t27-;/m1./s1. The van der Waals surface area contributed by atoms with Crippen molar-refractivity contribution < 1.29 is 19.1 Å². The predicted molar refractivity (Wildman–Crippen MR) is 146 cm³/mol. The van der Waals surface area contributed by atoms with Crippen molar-refractivity contribution in [1.82, 2.24) is 10.6 Å². The third-order valence-electron chi connectivity index (χ3n) is 5.58. The quantitative estimate of drug-likeness (QED) is 0.248. The second-order valence-corrected chi connectivity index (χ2v) is 8.23. The highest BCUT2D eigenvalue weighted by atomic mass is 35.5. The first kappa shape index (κ1) is 28.9. The Hall–Kier alpha value is -3.35. The predicted octanol–water partition coefficient (Wildman–Crippen LogP) is 5.06. The van der Waals surface area contributed by atoms with Crippen molar-refractivity contribution in [2.75, 3.05) is 26.8 Å². The highest BCUT2D eigenvalue weighted by Gasteiger charge is 2.23. The van der Waals surface area contributed by atoms with Gasteiger partial charge in [0.2, 0.25) is 0 Å². The Balaban J connectivity index is 0.00000456. The fourth-order valence-electron chi connectivity index (χ4n) is 3.68. The number of nitrogens with one attached hydrogen (secondary N) is 2. The summed E-state index contributed by atoms with van der Waals surface area (Å²) < 4.78 is 11.0. The fourth-order valence-corrected chi connectivity index (χ4v) is 3.68. The zero-order chi connectivity index (χ0) is 24.9. The summed E-state index contributed by atoms with van der Waals surface area (Å²) >= 11 is 0. The molecule has 3 aromatic rings. The van der Waals surface area contributed by atoms with Gasteiger partial charge >= 0.3 is 5.97 Å². The molecule has 1 atom stereocenters. The van der Waals surface area contributed by atoms with Gasteiger partial charge in [0.25, 0.3) is 5.91 Å². The van der Waals surface area contributed by atoms with E-state index in [2.05, 4.69) is 10.6 Å². The van der Waals surface area contributed by atoms with Gasteiger partial charge in [0, 0.05) is 12.0 Å². The summed E-state index contributed by atoms with van der Waals surface area (Å²) in [6.45, 7) is 3.70. The van der Waals surface area contributed by atoms with Crippen molar-refractivity contribution in [3.8, 4) is 16.9 Å². The third kappa shape index (κ3) is 9.02. The Morgan fingerprint density at radius 1 is 0.861 bits per heavy atom. The molecule has 0 aliphatic heterocycles. The van der Waals surface area contributed by atoms with E-state index in [0.717, 1.165) is 41.8 Å². The van der Waals surface area contributed by atoms with Gasteiger partial charge in [-0.05, 0) is 74.3 Å². The van der Waals surface area contributed by atoms with E-state index in [0.29, 0.717) is 18.6 Å². The van der Waals surface area contributed by atoms with E-state index in [9.17, 15) is 9.59 Å². The molecule has 3 aromatic carbocycles. The Morgan fingerprint density at radius 2 is 1.50 bits per heavy atom. The van der Waals surface area contributed by atoms with Crippen molar-refractivity contribution in [2.45, 2.75) is 32.2 Å². The highest BCUT2D eigenvalue weighted by molar-refractivity contribution is 5.97. The van der Waals surface area contributed by atoms with Crippen molar-refractivity contribution in [1.29, 1.82) is 0 Å². The van der Waals surface area contributed by atoms with Gasteiger partial charge in [0.15, 0.2) is 0 Å². The lowest BCUT2D eigenvalue weighted by molar-refractivity contribution is -0.145. The van der Waals surface area contributed by atoms with Crippen LogP contribution in [0.4, 0.5) is 0 Å². The van der Waals surface area contributed by atoms with Crippen molar-refractivity contribution in [3.05, 3.63) is 90.0 Å². The van der Waals surface area contributed by atoms with Crippen LogP contribution in [0.25, 0.3) is 11.1 Å². The number of ether oxygens (including phenoxy) is 2. The summed E-state index contributed by atoms with van der Waals surface area (Å²) in [6.07, 6.45) is 2.46. The van der Waals surface area contributed by atoms with Crippen molar-refractivity contribution >= 4 is 24.3 Å². The number of esters is 1. The minimum absolute atomic E-state index is 0. The van der Waals surface area contributed by atoms with Gasteiger partial charge in [0.1, 0.15) is 11.8 Å². The highest BCUT2D eigenvalue weighted by Crippen LogP contribution is 2.23. The molecule has 0 saturated heterocycles. The van der Waals surface area contributed by atoms with Gasteiger partial charge in [-0.15, -0.1) is 12.4 Å². The summed E-state index contributed by atoms with van der Waals surface area (Å²) in [5, 5.41) is 5.96. The summed E-state index contributed by atoms with van der Waals surface area (Å²) in [4.78, 5) is 25.3. The van der Waals surface area contributed by atoms with Gasteiger partial charge in [-0.2, -0.15) is 0 Å². The first-order chi connectivity index (χ1) is 17.1. The molecule has 3 rings (SSSR count). The lowest BCUT2D eigenvalue weighted by atomic mass is 10.0. The van der Waals surface area contributed by atoms with Crippen LogP contribution in [0.1, 0.15) is 35.7 Å². The van der Waals surface area contributed by atoms with E-state index >= 15 is 0 Å². The van der Waals surface area contributed by atoms with Gasteiger partial charge < -0.3 is 20.1 Å². The third-order valence-corrected chi connectivity index (χ3v) is 5.58. The van der Waals surface area contributed by atoms with Crippen LogP contribution in [0.2, 0.25) is 0 Å². The van der Waals surface area contributed by atoms with E-state index in [1.165, 1.54) is 0 Å². The first-order valence-electron chi connectivity index (χ1n) is 12.1. The van der Waals surface area contributed by atoms with Crippen LogP contribution in [0.15, 0.2) is 78.9 Å². The van der Waals surface area contributed by atoms with Crippen LogP contribution >= 0.6 is 12.4 Å². The number of hydrogen-bond acceptors (Lipinski definition) is 5. The molecule has 2 N–H and O–H groups in total. The van der Waals surface area contributed by atoms with Gasteiger partial charge in [-0.1, -0.05) is 54.6 Å². The number of halogens is 1. The molecular weight excluding hydrogens is 476 g/mol. The first-order valence-corrected chi connectivity index (χ1v) is 12.1. The minimum atomic E-state index is -0.754. The Morgan fingerprint density at radius 3 is 2.11 bits per heavy atom. The molecule has 0 spiro atoms. The van der Waals surface area contributed by atoms with E-state index in [1.807, 2.05) is 73.8 Å². The molecule has 0 aliphatic carbocycles. The van der Waals surface area contributed by atoms with Crippen LogP contribution in [0, 0.1) is 0 Å². The van der Waals surface area contributed by atoms with E-state index in [-0.39, 0.29) is 24.9 Å². The molecule has 0 aliphatic rings. The lowest BCUT2D eigenvalue weighted by Crippen LogP contribution is -2.43. The molecule has 0 radical (unpaired) electrons. The number of carbonyl (C=O) groups excluding carboxylic acids is 2. The molecule has 0 unspecified atom stereocenters. The normalized spacial score (nSPS) is 11.2. The molecule has 192 valence electrons. The van der Waals surface area contributed by atoms with Gasteiger partial charge in [-0.3, -0.25) is 4.79 Å². The van der Waals surface area contributed by atoms with Crippen LogP contribution in [0.5, 0.6) is 5.75 Å².